The molecule has 0 spiro atoms. The highest BCUT2D eigenvalue weighted by atomic mass is 16.5. The Bertz CT molecular complexity index is 789. The van der Waals surface area contributed by atoms with Gasteiger partial charge in [-0.2, -0.15) is 5.26 Å². The number of carbonyl (C=O) groups is 1. The highest BCUT2D eigenvalue weighted by molar-refractivity contribution is 5.95. The van der Waals surface area contributed by atoms with Crippen molar-refractivity contribution < 1.29 is 9.53 Å². The van der Waals surface area contributed by atoms with Gasteiger partial charge in [0.15, 0.2) is 0 Å². The number of carbonyl (C=O) groups excluding carboxylic acids is 1. The lowest BCUT2D eigenvalue weighted by atomic mass is 10.0. The van der Waals surface area contributed by atoms with Gasteiger partial charge in [-0.1, -0.05) is 6.07 Å². The Kier molecular flexibility index (Phi) is 3.98. The molecule has 2 heterocycles. The highest BCUT2D eigenvalue weighted by Gasteiger charge is 2.33. The van der Waals surface area contributed by atoms with E-state index in [9.17, 15) is 4.79 Å². The summed E-state index contributed by atoms with van der Waals surface area (Å²) in [5.74, 6) is 0.341. The first-order chi connectivity index (χ1) is 11.1. The van der Waals surface area contributed by atoms with Crippen LogP contribution in [0.4, 0.5) is 0 Å². The third-order valence-electron chi connectivity index (χ3n) is 4.06. The Morgan fingerprint density at radius 2 is 2.09 bits per heavy atom. The SMILES string of the molecule is Cc1ccc(C(=O)N2CC(Oc3ncccc3C#N)C2)cc1C. The van der Waals surface area contributed by atoms with Crippen molar-refractivity contribution >= 4 is 5.91 Å². The number of aryl methyl sites for hydroxylation is 2. The lowest BCUT2D eigenvalue weighted by Crippen LogP contribution is -2.56. The lowest BCUT2D eigenvalue weighted by Gasteiger charge is -2.38. The summed E-state index contributed by atoms with van der Waals surface area (Å²) in [5.41, 5.74) is 3.38. The second-order valence-electron chi connectivity index (χ2n) is 5.72. The molecule has 5 nitrogen and oxygen atoms in total. The Morgan fingerprint density at radius 1 is 1.30 bits per heavy atom. The minimum atomic E-state index is -0.118. The summed E-state index contributed by atoms with van der Waals surface area (Å²) in [6.45, 7) is 5.04. The number of hydrogen-bond donors (Lipinski definition) is 0. The Balaban J connectivity index is 1.61. The number of pyridine rings is 1. The molecule has 0 N–H and O–H groups in total. The first-order valence-electron chi connectivity index (χ1n) is 7.47. The van der Waals surface area contributed by atoms with Crippen LogP contribution < -0.4 is 4.74 Å². The van der Waals surface area contributed by atoms with Gasteiger partial charge in [-0.3, -0.25) is 4.79 Å². The van der Waals surface area contributed by atoms with E-state index in [1.807, 2.05) is 32.0 Å². The van der Waals surface area contributed by atoms with E-state index >= 15 is 0 Å². The van der Waals surface area contributed by atoms with Crippen LogP contribution in [0, 0.1) is 25.2 Å². The summed E-state index contributed by atoms with van der Waals surface area (Å²) < 4.78 is 5.70. The van der Waals surface area contributed by atoms with Crippen molar-refractivity contribution in [3.05, 3.63) is 58.8 Å². The van der Waals surface area contributed by atoms with Gasteiger partial charge in [-0.05, 0) is 49.2 Å². The molecule has 0 radical (unpaired) electrons. The number of likely N-dealkylation sites (tertiary alicyclic amines) is 1. The molecule has 1 amide bonds. The van der Waals surface area contributed by atoms with E-state index in [1.165, 1.54) is 5.56 Å². The molecule has 0 bridgehead atoms. The maximum atomic E-state index is 12.4. The molecule has 1 saturated heterocycles. The molecule has 0 atom stereocenters. The van der Waals surface area contributed by atoms with Crippen molar-refractivity contribution in [3.63, 3.8) is 0 Å². The second kappa shape index (κ2) is 6.09. The molecule has 3 rings (SSSR count). The first kappa shape index (κ1) is 15.0. The molecule has 2 aromatic rings. The van der Waals surface area contributed by atoms with E-state index in [1.54, 1.807) is 23.2 Å². The van der Waals surface area contributed by atoms with Crippen LogP contribution in [0.25, 0.3) is 0 Å². The number of aromatic nitrogens is 1. The number of nitriles is 1. The average Bonchev–Trinajstić information content (AvgIpc) is 2.53. The van der Waals surface area contributed by atoms with Crippen molar-refractivity contribution in [2.75, 3.05) is 13.1 Å². The van der Waals surface area contributed by atoms with Gasteiger partial charge in [0.05, 0.1) is 13.1 Å². The molecule has 0 aliphatic carbocycles. The zero-order valence-electron chi connectivity index (χ0n) is 13.1. The van der Waals surface area contributed by atoms with Gasteiger partial charge in [-0.15, -0.1) is 0 Å². The van der Waals surface area contributed by atoms with E-state index in [0.29, 0.717) is 30.1 Å². The molecule has 1 aromatic carbocycles. The minimum Gasteiger partial charge on any atom is -0.470 e. The predicted molar refractivity (Wildman–Crippen MR) is 85.2 cm³/mol. The summed E-state index contributed by atoms with van der Waals surface area (Å²) in [5, 5.41) is 9.02. The van der Waals surface area contributed by atoms with E-state index < -0.39 is 0 Å². The van der Waals surface area contributed by atoms with E-state index in [0.717, 1.165) is 5.56 Å². The molecule has 116 valence electrons. The third kappa shape index (κ3) is 3.02. The van der Waals surface area contributed by atoms with Gasteiger partial charge in [0, 0.05) is 11.8 Å². The third-order valence-corrected chi connectivity index (χ3v) is 4.06. The van der Waals surface area contributed by atoms with Crippen LogP contribution in [0.1, 0.15) is 27.0 Å². The van der Waals surface area contributed by atoms with Crippen LogP contribution in [0.3, 0.4) is 0 Å². The van der Waals surface area contributed by atoms with Crippen LogP contribution in [-0.2, 0) is 0 Å². The van der Waals surface area contributed by atoms with Crippen LogP contribution in [0.2, 0.25) is 0 Å². The summed E-state index contributed by atoms with van der Waals surface area (Å²) in [6.07, 6.45) is 1.47. The van der Waals surface area contributed by atoms with Gasteiger partial charge in [0.2, 0.25) is 5.88 Å². The molecular formula is C18H17N3O2. The Labute approximate surface area is 135 Å². The number of amides is 1. The fraction of sp³-hybridized carbons (Fsp3) is 0.278. The average molecular weight is 307 g/mol. The van der Waals surface area contributed by atoms with Gasteiger partial charge in [-0.25, -0.2) is 4.98 Å². The quantitative estimate of drug-likeness (QED) is 0.873. The van der Waals surface area contributed by atoms with Crippen LogP contribution in [0.15, 0.2) is 36.5 Å². The number of hydrogen-bond acceptors (Lipinski definition) is 4. The topological polar surface area (TPSA) is 66.2 Å². The van der Waals surface area contributed by atoms with Gasteiger partial charge >= 0.3 is 0 Å². The first-order valence-corrected chi connectivity index (χ1v) is 7.47. The zero-order valence-corrected chi connectivity index (χ0v) is 13.1. The molecule has 0 saturated carbocycles. The predicted octanol–water partition coefficient (Wildman–Crippen LogP) is 2.47. The summed E-state index contributed by atoms with van der Waals surface area (Å²) >= 11 is 0. The fourth-order valence-electron chi connectivity index (χ4n) is 2.46. The maximum absolute atomic E-state index is 12.4. The Hall–Kier alpha value is -2.87. The fourth-order valence-corrected chi connectivity index (χ4v) is 2.46. The summed E-state index contributed by atoms with van der Waals surface area (Å²) in [6, 6.07) is 11.1. The van der Waals surface area contributed by atoms with Crippen LogP contribution >= 0.6 is 0 Å². The van der Waals surface area contributed by atoms with Gasteiger partial charge in [0.1, 0.15) is 17.7 Å². The molecule has 1 aliphatic rings. The summed E-state index contributed by atoms with van der Waals surface area (Å²) in [4.78, 5) is 18.2. The van der Waals surface area contributed by atoms with Crippen molar-refractivity contribution in [1.29, 1.82) is 5.26 Å². The lowest BCUT2D eigenvalue weighted by molar-refractivity contribution is 0.0159. The van der Waals surface area contributed by atoms with Crippen molar-refractivity contribution in [1.82, 2.24) is 9.88 Å². The van der Waals surface area contributed by atoms with E-state index in [2.05, 4.69) is 11.1 Å². The number of nitrogens with zero attached hydrogens (tertiary/aromatic N) is 3. The molecule has 1 fully saturated rings. The monoisotopic (exact) mass is 307 g/mol. The largest absolute Gasteiger partial charge is 0.470 e. The molecule has 1 aliphatic heterocycles. The number of rotatable bonds is 3. The standard InChI is InChI=1S/C18H17N3O2/c1-12-5-6-14(8-13(12)2)18(22)21-10-16(11-21)23-17-15(9-19)4-3-7-20-17/h3-8,16H,10-11H2,1-2H3. The number of ether oxygens (including phenoxy) is 1. The summed E-state index contributed by atoms with van der Waals surface area (Å²) in [7, 11) is 0. The minimum absolute atomic E-state index is 0.00878. The van der Waals surface area contributed by atoms with Crippen LogP contribution in [-0.4, -0.2) is 35.0 Å². The molecule has 0 unspecified atom stereocenters. The smallest absolute Gasteiger partial charge is 0.254 e. The normalized spacial score (nSPS) is 14.0. The zero-order chi connectivity index (χ0) is 16.4. The Morgan fingerprint density at radius 3 is 2.78 bits per heavy atom. The van der Waals surface area contributed by atoms with Crippen molar-refractivity contribution in [2.45, 2.75) is 20.0 Å². The van der Waals surface area contributed by atoms with E-state index in [-0.39, 0.29) is 12.0 Å². The van der Waals surface area contributed by atoms with Gasteiger partial charge < -0.3 is 9.64 Å². The van der Waals surface area contributed by atoms with E-state index in [4.69, 9.17) is 10.00 Å². The van der Waals surface area contributed by atoms with Crippen LogP contribution in [0.5, 0.6) is 5.88 Å². The maximum Gasteiger partial charge on any atom is 0.254 e. The second-order valence-corrected chi connectivity index (χ2v) is 5.72. The molecule has 5 heteroatoms. The van der Waals surface area contributed by atoms with Gasteiger partial charge in [0.25, 0.3) is 5.91 Å². The number of benzene rings is 1. The molecular weight excluding hydrogens is 290 g/mol. The highest BCUT2D eigenvalue weighted by Crippen LogP contribution is 2.21. The van der Waals surface area contributed by atoms with Crippen molar-refractivity contribution in [2.24, 2.45) is 0 Å². The molecule has 1 aromatic heterocycles. The van der Waals surface area contributed by atoms with Crippen molar-refractivity contribution in [3.8, 4) is 11.9 Å². The molecule has 23 heavy (non-hydrogen) atoms.